The van der Waals surface area contributed by atoms with E-state index in [0.717, 1.165) is 24.3 Å². The lowest BCUT2D eigenvalue weighted by molar-refractivity contribution is -0.123. The zero-order valence-electron chi connectivity index (χ0n) is 22.5. The fourth-order valence-corrected chi connectivity index (χ4v) is 4.60. The number of halogens is 2. The van der Waals surface area contributed by atoms with Crippen LogP contribution in [0.2, 0.25) is 0 Å². The van der Waals surface area contributed by atoms with Crippen molar-refractivity contribution in [1.29, 1.82) is 0 Å². The van der Waals surface area contributed by atoms with E-state index in [1.54, 1.807) is 30.3 Å². The minimum atomic E-state index is -0.989. The second-order valence-electron chi connectivity index (χ2n) is 9.52. The number of H-pyrrole nitrogens is 1. The average Bonchev–Trinajstić information content (AvgIpc) is 3.17. The van der Waals surface area contributed by atoms with E-state index in [0.29, 0.717) is 18.4 Å². The van der Waals surface area contributed by atoms with E-state index >= 15 is 0 Å². The third-order valence-electron chi connectivity index (χ3n) is 6.79. The molecule has 1 unspecified atom stereocenters. The Kier molecular flexibility index (Phi) is 10.2. The van der Waals surface area contributed by atoms with E-state index in [1.165, 1.54) is 13.0 Å². The first-order chi connectivity index (χ1) is 19.0. The van der Waals surface area contributed by atoms with Gasteiger partial charge in [0.1, 0.15) is 11.6 Å². The van der Waals surface area contributed by atoms with Crippen molar-refractivity contribution < 1.29 is 33.4 Å². The molecule has 0 fully saturated rings. The number of carbonyl (C=O) groups excluding carboxylic acids is 3. The molecular weight excluding hydrogens is 520 g/mol. The van der Waals surface area contributed by atoms with Gasteiger partial charge in [-0.15, -0.1) is 0 Å². The quantitative estimate of drug-likeness (QED) is 0.158. The molecule has 0 aliphatic carbocycles. The Bertz CT molecular complexity index is 1360. The molecule has 5 N–H and O–H groups in total. The summed E-state index contributed by atoms with van der Waals surface area (Å²) >= 11 is 0. The van der Waals surface area contributed by atoms with Gasteiger partial charge in [-0.05, 0) is 42.2 Å². The molecule has 212 valence electrons. The van der Waals surface area contributed by atoms with Crippen LogP contribution in [0.3, 0.4) is 0 Å². The summed E-state index contributed by atoms with van der Waals surface area (Å²) in [6, 6.07) is 9.85. The van der Waals surface area contributed by atoms with Gasteiger partial charge in [0.2, 0.25) is 17.7 Å². The van der Waals surface area contributed by atoms with Crippen LogP contribution in [0.15, 0.2) is 54.6 Å². The second kappa shape index (κ2) is 13.5. The molecule has 1 aromatic heterocycles. The number of hydrogen-bond acceptors (Lipinski definition) is 5. The zero-order chi connectivity index (χ0) is 29.4. The smallest absolute Gasteiger partial charge is 0.244 e. The first-order valence-electron chi connectivity index (χ1n) is 13.0. The molecule has 1 heterocycles. The van der Waals surface area contributed by atoms with Crippen LogP contribution in [-0.2, 0) is 9.59 Å². The van der Waals surface area contributed by atoms with Gasteiger partial charge in [-0.1, -0.05) is 57.0 Å². The molecule has 0 aliphatic heterocycles. The van der Waals surface area contributed by atoms with E-state index < -0.39 is 47.2 Å². The van der Waals surface area contributed by atoms with Crippen molar-refractivity contribution in [3.63, 3.8) is 0 Å². The number of amides is 2. The second-order valence-corrected chi connectivity index (χ2v) is 9.52. The van der Waals surface area contributed by atoms with E-state index in [4.69, 9.17) is 0 Å². The predicted octanol–water partition coefficient (Wildman–Crippen LogP) is 5.08. The molecule has 2 atom stereocenters. The highest BCUT2D eigenvalue weighted by Gasteiger charge is 2.33. The van der Waals surface area contributed by atoms with Crippen molar-refractivity contribution in [2.45, 2.75) is 52.1 Å². The number of aromatic amines is 1. The Labute approximate surface area is 231 Å². The maximum Gasteiger partial charge on any atom is 0.244 e. The van der Waals surface area contributed by atoms with Gasteiger partial charge in [-0.2, -0.15) is 0 Å². The minimum Gasteiger partial charge on any atom is -0.494 e. The summed E-state index contributed by atoms with van der Waals surface area (Å²) in [5, 5.41) is 25.6. The molecule has 0 spiro atoms. The summed E-state index contributed by atoms with van der Waals surface area (Å²) in [7, 11) is 0. The molecule has 0 saturated carbocycles. The summed E-state index contributed by atoms with van der Waals surface area (Å²) in [4.78, 5) is 41.8. The van der Waals surface area contributed by atoms with Crippen LogP contribution < -0.4 is 10.6 Å². The number of nitrogens with one attached hydrogen (secondary N) is 3. The van der Waals surface area contributed by atoms with Crippen molar-refractivity contribution in [1.82, 2.24) is 15.6 Å². The van der Waals surface area contributed by atoms with Gasteiger partial charge >= 0.3 is 0 Å². The van der Waals surface area contributed by atoms with E-state index in [-0.39, 0.29) is 34.9 Å². The Morgan fingerprint density at radius 1 is 0.950 bits per heavy atom. The lowest BCUT2D eigenvalue weighted by Crippen LogP contribution is -2.47. The molecule has 0 bridgehead atoms. The van der Waals surface area contributed by atoms with Crippen molar-refractivity contribution in [3.8, 4) is 11.8 Å². The van der Waals surface area contributed by atoms with Crippen LogP contribution in [0.4, 0.5) is 8.78 Å². The highest BCUT2D eigenvalue weighted by Crippen LogP contribution is 2.31. The summed E-state index contributed by atoms with van der Waals surface area (Å²) in [6.07, 6.45) is 3.28. The van der Waals surface area contributed by atoms with Gasteiger partial charge in [0.25, 0.3) is 0 Å². The summed E-state index contributed by atoms with van der Waals surface area (Å²) in [5.41, 5.74) is 0.863. The van der Waals surface area contributed by atoms with E-state index in [2.05, 4.69) is 15.6 Å². The average molecular weight is 554 g/mol. The maximum atomic E-state index is 13.5. The van der Waals surface area contributed by atoms with E-state index in [9.17, 15) is 33.4 Å². The van der Waals surface area contributed by atoms with Crippen molar-refractivity contribution in [2.75, 3.05) is 0 Å². The number of hydrogen-bond donors (Lipinski definition) is 5. The van der Waals surface area contributed by atoms with Gasteiger partial charge in [0, 0.05) is 17.7 Å². The third kappa shape index (κ3) is 7.56. The number of aromatic hydroxyl groups is 2. The van der Waals surface area contributed by atoms with Crippen molar-refractivity contribution in [3.05, 3.63) is 88.5 Å². The van der Waals surface area contributed by atoms with Crippen LogP contribution in [-0.4, -0.2) is 38.8 Å². The van der Waals surface area contributed by atoms with Gasteiger partial charge in [-0.25, -0.2) is 8.78 Å². The SMILES string of the molecule is CCC(CC)C(NC(=O)C[C@H](NC(=O)C=Cc1cc(F)cc(F)c1)c1ccccc1)C(=O)c1c(O)[nH]c(O)c1C. The number of benzene rings is 2. The minimum absolute atomic E-state index is 0.0958. The molecule has 10 heteroatoms. The molecule has 0 aliphatic rings. The van der Waals surface area contributed by atoms with Gasteiger partial charge in [0.05, 0.1) is 24.1 Å². The first-order valence-corrected chi connectivity index (χ1v) is 13.0. The number of ketones is 1. The van der Waals surface area contributed by atoms with Crippen LogP contribution in [0, 0.1) is 24.5 Å². The normalized spacial score (nSPS) is 12.8. The van der Waals surface area contributed by atoms with Crippen LogP contribution in [0.5, 0.6) is 11.8 Å². The number of aromatic nitrogens is 1. The topological polar surface area (TPSA) is 132 Å². The number of Topliss-reactive ketones (excluding diaryl/α,β-unsaturated/α-hetero) is 1. The summed E-state index contributed by atoms with van der Waals surface area (Å²) in [6.45, 7) is 5.24. The van der Waals surface area contributed by atoms with Crippen molar-refractivity contribution >= 4 is 23.7 Å². The molecule has 3 aromatic rings. The van der Waals surface area contributed by atoms with Crippen LogP contribution >= 0.6 is 0 Å². The first kappa shape index (κ1) is 30.1. The molecular formula is C30H33F2N3O5. The Hall–Kier alpha value is -4.47. The number of carbonyl (C=O) groups is 3. The van der Waals surface area contributed by atoms with Crippen molar-refractivity contribution in [2.24, 2.45) is 5.92 Å². The lowest BCUT2D eigenvalue weighted by atomic mass is 9.87. The Morgan fingerprint density at radius 3 is 2.12 bits per heavy atom. The Balaban J connectivity index is 1.81. The maximum absolute atomic E-state index is 13.5. The van der Waals surface area contributed by atoms with Crippen LogP contribution in [0.25, 0.3) is 6.08 Å². The molecule has 2 amide bonds. The lowest BCUT2D eigenvalue weighted by Gasteiger charge is -2.26. The summed E-state index contributed by atoms with van der Waals surface area (Å²) in [5.74, 6) is -4.29. The highest BCUT2D eigenvalue weighted by molar-refractivity contribution is 6.05. The molecule has 3 rings (SSSR count). The predicted molar refractivity (Wildman–Crippen MR) is 147 cm³/mol. The van der Waals surface area contributed by atoms with Crippen LogP contribution in [0.1, 0.15) is 66.2 Å². The van der Waals surface area contributed by atoms with Gasteiger partial charge < -0.3 is 20.8 Å². The molecule has 0 saturated heterocycles. The van der Waals surface area contributed by atoms with Gasteiger partial charge in [-0.3, -0.25) is 19.4 Å². The van der Waals surface area contributed by atoms with E-state index in [1.807, 2.05) is 13.8 Å². The molecule has 0 radical (unpaired) electrons. The summed E-state index contributed by atoms with van der Waals surface area (Å²) < 4.78 is 27.0. The molecule has 40 heavy (non-hydrogen) atoms. The third-order valence-corrected chi connectivity index (χ3v) is 6.79. The van der Waals surface area contributed by atoms with Gasteiger partial charge in [0.15, 0.2) is 11.7 Å². The fraction of sp³-hybridized carbons (Fsp3) is 0.300. The highest BCUT2D eigenvalue weighted by atomic mass is 19.1. The monoisotopic (exact) mass is 553 g/mol. The standard InChI is InChI=1S/C30H33F2N3O5/c1-4-19(5-2)27(28(38)26-17(3)29(39)35-30(26)40)34-25(37)16-23(20-9-7-6-8-10-20)33-24(36)12-11-18-13-21(31)15-22(32)14-18/h6-15,19,23,27,35,39-40H,4-5,16H2,1-3H3,(H,33,36)(H,34,37)/t23-,27?/m0/s1. The molecule has 2 aromatic carbocycles. The number of rotatable bonds is 12. The fourth-order valence-electron chi connectivity index (χ4n) is 4.60. The zero-order valence-corrected chi connectivity index (χ0v) is 22.5. The largest absolute Gasteiger partial charge is 0.494 e. The Morgan fingerprint density at radius 2 is 1.57 bits per heavy atom. The molecule has 8 nitrogen and oxygen atoms in total.